The highest BCUT2D eigenvalue weighted by atomic mass is 16.2. The number of imide groups is 1. The quantitative estimate of drug-likeness (QED) is 0.605. The van der Waals surface area contributed by atoms with Crippen LogP contribution >= 0.6 is 0 Å². The van der Waals surface area contributed by atoms with Gasteiger partial charge in [-0.1, -0.05) is 19.1 Å². The summed E-state index contributed by atoms with van der Waals surface area (Å²) in [6.45, 7) is 3.72. The minimum atomic E-state index is -0.261. The Hall–Kier alpha value is -1.65. The van der Waals surface area contributed by atoms with Crippen LogP contribution in [0.3, 0.4) is 0 Å². The highest BCUT2D eigenvalue weighted by molar-refractivity contribution is 6.07. The molecule has 2 aliphatic rings. The summed E-state index contributed by atoms with van der Waals surface area (Å²) in [4.78, 5) is 37.2. The predicted octanol–water partition coefficient (Wildman–Crippen LogP) is 0.852. The number of amides is 3. The van der Waals surface area contributed by atoms with Crippen molar-refractivity contribution in [2.45, 2.75) is 39.2 Å². The van der Waals surface area contributed by atoms with E-state index in [0.717, 1.165) is 11.3 Å². The monoisotopic (exact) mass is 264 g/mol. The number of allylic oxidation sites excluding steroid dienone is 2. The first-order valence-corrected chi connectivity index (χ1v) is 6.84. The maximum atomic E-state index is 12.1. The van der Waals surface area contributed by atoms with Gasteiger partial charge in [0.25, 0.3) is 0 Å². The predicted molar refractivity (Wildman–Crippen MR) is 70.0 cm³/mol. The molecule has 1 fully saturated rings. The largest absolute Gasteiger partial charge is 0.352 e. The molecule has 3 unspecified atom stereocenters. The molecule has 104 valence electrons. The molecule has 3 amide bonds. The Bertz CT molecular complexity index is 404. The van der Waals surface area contributed by atoms with Crippen molar-refractivity contribution < 1.29 is 14.4 Å². The molecular formula is C14H20N2O3. The number of carbonyl (C=O) groups is 3. The molecule has 0 spiro atoms. The lowest BCUT2D eigenvalue weighted by molar-refractivity contribution is -0.143. The van der Waals surface area contributed by atoms with E-state index in [-0.39, 0.29) is 42.1 Å². The zero-order valence-corrected chi connectivity index (χ0v) is 11.4. The van der Waals surface area contributed by atoms with Crippen molar-refractivity contribution in [2.24, 2.45) is 11.8 Å². The molecule has 0 aromatic rings. The fourth-order valence-electron chi connectivity index (χ4n) is 2.59. The summed E-state index contributed by atoms with van der Waals surface area (Å²) in [6.07, 6.45) is 5.92. The number of nitrogens with zero attached hydrogens (tertiary/aromatic N) is 1. The molecule has 0 aromatic heterocycles. The van der Waals surface area contributed by atoms with Gasteiger partial charge in [0, 0.05) is 6.04 Å². The number of fused-ring (bicyclic) bond motifs is 1. The second-order valence-corrected chi connectivity index (χ2v) is 5.30. The van der Waals surface area contributed by atoms with E-state index in [1.807, 2.05) is 26.0 Å². The maximum Gasteiger partial charge on any atom is 0.240 e. The van der Waals surface area contributed by atoms with Crippen LogP contribution in [0.25, 0.3) is 0 Å². The lowest BCUT2D eigenvalue weighted by Crippen LogP contribution is -2.43. The van der Waals surface area contributed by atoms with Crippen molar-refractivity contribution in [2.75, 3.05) is 6.54 Å². The van der Waals surface area contributed by atoms with Gasteiger partial charge < -0.3 is 5.32 Å². The average molecular weight is 264 g/mol. The Labute approximate surface area is 113 Å². The van der Waals surface area contributed by atoms with Gasteiger partial charge in [0.1, 0.15) is 6.54 Å². The van der Waals surface area contributed by atoms with Gasteiger partial charge in [-0.05, 0) is 26.2 Å². The second kappa shape index (κ2) is 5.55. The van der Waals surface area contributed by atoms with Crippen LogP contribution in [0.15, 0.2) is 12.2 Å². The van der Waals surface area contributed by atoms with E-state index in [2.05, 4.69) is 5.32 Å². The van der Waals surface area contributed by atoms with Gasteiger partial charge in [-0.2, -0.15) is 0 Å². The summed E-state index contributed by atoms with van der Waals surface area (Å²) < 4.78 is 0. The number of rotatable bonds is 4. The minimum Gasteiger partial charge on any atom is -0.352 e. The van der Waals surface area contributed by atoms with Gasteiger partial charge in [0.05, 0.1) is 11.8 Å². The first-order valence-electron chi connectivity index (χ1n) is 6.84. The number of hydrogen-bond acceptors (Lipinski definition) is 3. The van der Waals surface area contributed by atoms with Gasteiger partial charge in [-0.3, -0.25) is 19.3 Å². The lowest BCUT2D eigenvalue weighted by Gasteiger charge is -2.16. The zero-order valence-electron chi connectivity index (χ0n) is 11.4. The Balaban J connectivity index is 2.00. The highest BCUT2D eigenvalue weighted by Crippen LogP contribution is 2.34. The summed E-state index contributed by atoms with van der Waals surface area (Å²) >= 11 is 0. The van der Waals surface area contributed by atoms with Crippen LogP contribution in [0.4, 0.5) is 0 Å². The van der Waals surface area contributed by atoms with E-state index in [1.165, 1.54) is 0 Å². The van der Waals surface area contributed by atoms with Gasteiger partial charge >= 0.3 is 0 Å². The molecule has 1 aliphatic carbocycles. The van der Waals surface area contributed by atoms with Crippen LogP contribution in [0.5, 0.6) is 0 Å². The van der Waals surface area contributed by atoms with E-state index >= 15 is 0 Å². The summed E-state index contributed by atoms with van der Waals surface area (Å²) in [7, 11) is 0. The molecule has 0 aromatic carbocycles. The van der Waals surface area contributed by atoms with Crippen LogP contribution in [0.1, 0.15) is 33.1 Å². The highest BCUT2D eigenvalue weighted by Gasteiger charge is 2.47. The Morgan fingerprint density at radius 3 is 2.32 bits per heavy atom. The molecule has 0 saturated carbocycles. The SMILES string of the molecule is CCC(C)NC(=O)CN1C(=O)C2CC=CCC2C1=O. The van der Waals surface area contributed by atoms with E-state index in [1.54, 1.807) is 0 Å². The van der Waals surface area contributed by atoms with Crippen molar-refractivity contribution in [3.63, 3.8) is 0 Å². The van der Waals surface area contributed by atoms with E-state index in [0.29, 0.717) is 12.8 Å². The summed E-state index contributed by atoms with van der Waals surface area (Å²) in [6, 6.07) is 0.0595. The number of carbonyl (C=O) groups excluding carboxylic acids is 3. The molecule has 3 atom stereocenters. The molecule has 5 heteroatoms. The van der Waals surface area contributed by atoms with Gasteiger partial charge in [-0.15, -0.1) is 0 Å². The third-order valence-corrected chi connectivity index (χ3v) is 3.92. The third kappa shape index (κ3) is 2.69. The van der Waals surface area contributed by atoms with Crippen molar-refractivity contribution in [1.82, 2.24) is 10.2 Å². The standard InChI is InChI=1S/C14H20N2O3/c1-3-9(2)15-12(17)8-16-13(18)10-6-4-5-7-11(10)14(16)19/h4-5,9-11H,3,6-8H2,1-2H3,(H,15,17). The lowest BCUT2D eigenvalue weighted by atomic mass is 9.85. The van der Waals surface area contributed by atoms with E-state index in [4.69, 9.17) is 0 Å². The number of nitrogens with one attached hydrogen (secondary N) is 1. The average Bonchev–Trinajstić information content (AvgIpc) is 2.64. The van der Waals surface area contributed by atoms with Crippen LogP contribution in [-0.2, 0) is 14.4 Å². The molecule has 1 saturated heterocycles. The third-order valence-electron chi connectivity index (χ3n) is 3.92. The normalized spacial score (nSPS) is 27.4. The fraction of sp³-hybridized carbons (Fsp3) is 0.643. The number of likely N-dealkylation sites (tertiary alicyclic amines) is 1. The molecule has 1 heterocycles. The molecule has 19 heavy (non-hydrogen) atoms. The van der Waals surface area contributed by atoms with Crippen LogP contribution < -0.4 is 5.32 Å². The first kappa shape index (κ1) is 13.8. The van der Waals surface area contributed by atoms with Crippen LogP contribution in [-0.4, -0.2) is 35.2 Å². The smallest absolute Gasteiger partial charge is 0.240 e. The van der Waals surface area contributed by atoms with Crippen molar-refractivity contribution in [1.29, 1.82) is 0 Å². The summed E-state index contributed by atoms with van der Waals surface area (Å²) in [5.74, 6) is -1.16. The van der Waals surface area contributed by atoms with Crippen LogP contribution in [0.2, 0.25) is 0 Å². The van der Waals surface area contributed by atoms with Crippen LogP contribution in [0, 0.1) is 11.8 Å². The molecule has 2 rings (SSSR count). The van der Waals surface area contributed by atoms with Gasteiger partial charge in [0.2, 0.25) is 17.7 Å². The Kier molecular flexibility index (Phi) is 4.02. The van der Waals surface area contributed by atoms with Crippen molar-refractivity contribution in [3.05, 3.63) is 12.2 Å². The molecule has 1 aliphatic heterocycles. The minimum absolute atomic E-state index is 0.0595. The zero-order chi connectivity index (χ0) is 14.0. The second-order valence-electron chi connectivity index (χ2n) is 5.30. The molecule has 1 N–H and O–H groups in total. The number of hydrogen-bond donors (Lipinski definition) is 1. The molecule has 0 radical (unpaired) electrons. The maximum absolute atomic E-state index is 12.1. The topological polar surface area (TPSA) is 66.5 Å². The van der Waals surface area contributed by atoms with Crippen molar-refractivity contribution in [3.8, 4) is 0 Å². The molecule has 5 nitrogen and oxygen atoms in total. The summed E-state index contributed by atoms with van der Waals surface area (Å²) in [5, 5.41) is 2.78. The first-order chi connectivity index (χ1) is 9.04. The Morgan fingerprint density at radius 1 is 1.32 bits per heavy atom. The van der Waals surface area contributed by atoms with E-state index < -0.39 is 0 Å². The Morgan fingerprint density at radius 2 is 1.84 bits per heavy atom. The van der Waals surface area contributed by atoms with Gasteiger partial charge in [-0.25, -0.2) is 0 Å². The molecular weight excluding hydrogens is 244 g/mol. The fourth-order valence-corrected chi connectivity index (χ4v) is 2.59. The van der Waals surface area contributed by atoms with Crippen molar-refractivity contribution >= 4 is 17.7 Å². The van der Waals surface area contributed by atoms with Gasteiger partial charge in [0.15, 0.2) is 0 Å². The summed E-state index contributed by atoms with van der Waals surface area (Å²) in [5.41, 5.74) is 0. The van der Waals surface area contributed by atoms with E-state index in [9.17, 15) is 14.4 Å². The molecule has 0 bridgehead atoms.